The van der Waals surface area contributed by atoms with Gasteiger partial charge in [0.25, 0.3) is 0 Å². The molecule has 29 heavy (non-hydrogen) atoms. The summed E-state index contributed by atoms with van der Waals surface area (Å²) in [4.78, 5) is 1.81. The van der Waals surface area contributed by atoms with E-state index in [2.05, 4.69) is 0 Å². The number of nitrogens with two attached hydrogens (primary N) is 1. The molecular weight excluding hydrogens is 418 g/mol. The first-order chi connectivity index (χ1) is 13.4. The third-order valence-corrected chi connectivity index (χ3v) is 6.42. The number of thiophene rings is 1. The molecule has 0 fully saturated rings. The molecule has 0 bridgehead atoms. The third kappa shape index (κ3) is 2.87. The molecule has 0 saturated carbocycles. The number of nitrogens with zero attached hydrogens (tertiary/aromatic N) is 3. The number of aryl methyl sites for hydroxylation is 1. The van der Waals surface area contributed by atoms with Crippen LogP contribution in [0, 0.1) is 28.1 Å². The van der Waals surface area contributed by atoms with Crippen molar-refractivity contribution >= 4 is 16.3 Å². The number of fused-ring (bicyclic) bond motifs is 1. The van der Waals surface area contributed by atoms with Crippen LogP contribution in [0.15, 0.2) is 23.2 Å². The number of hydrogen-bond donors (Lipinski definition) is 1. The van der Waals surface area contributed by atoms with Crippen molar-refractivity contribution in [1.82, 2.24) is 0 Å². The molecule has 1 aromatic rings. The molecule has 0 saturated heterocycles. The van der Waals surface area contributed by atoms with Gasteiger partial charge in [-0.3, -0.25) is 4.90 Å². The van der Waals surface area contributed by atoms with Gasteiger partial charge in [-0.2, -0.15) is 36.9 Å². The van der Waals surface area contributed by atoms with Crippen LogP contribution in [0.1, 0.15) is 35.8 Å². The minimum absolute atomic E-state index is 0.0260. The number of hydrogen-bond acceptors (Lipinski definition) is 5. The van der Waals surface area contributed by atoms with Crippen LogP contribution in [0.3, 0.4) is 0 Å². The van der Waals surface area contributed by atoms with E-state index in [1.54, 1.807) is 0 Å². The SMILES string of the molecule is CC1=CC(C(F)(F)F)(C(F)(F)F)C(C#N)=C(N)N1c1sc2c(c1C#N)CCCC2. The Kier molecular flexibility index (Phi) is 4.86. The lowest BCUT2D eigenvalue weighted by atomic mass is 9.76. The quantitative estimate of drug-likeness (QED) is 0.632. The summed E-state index contributed by atoms with van der Waals surface area (Å²) in [7, 11) is 0. The number of allylic oxidation sites excluding steroid dienone is 3. The first-order valence-electron chi connectivity index (χ1n) is 8.48. The number of halogens is 6. The van der Waals surface area contributed by atoms with Gasteiger partial charge in [0.1, 0.15) is 23.0 Å². The van der Waals surface area contributed by atoms with E-state index in [-0.39, 0.29) is 16.6 Å². The minimum atomic E-state index is -5.83. The lowest BCUT2D eigenvalue weighted by Gasteiger charge is -2.41. The van der Waals surface area contributed by atoms with E-state index in [0.717, 1.165) is 52.5 Å². The topological polar surface area (TPSA) is 76.8 Å². The first kappa shape index (κ1) is 21.1. The molecule has 1 aromatic heterocycles. The number of rotatable bonds is 1. The van der Waals surface area contributed by atoms with Crippen molar-refractivity contribution in [2.75, 3.05) is 4.90 Å². The van der Waals surface area contributed by atoms with E-state index in [1.165, 1.54) is 0 Å². The van der Waals surface area contributed by atoms with Gasteiger partial charge in [-0.15, -0.1) is 11.3 Å². The summed E-state index contributed by atoms with van der Waals surface area (Å²) in [6.07, 6.45) is -8.74. The Balaban J connectivity index is 2.30. The fraction of sp³-hybridized carbons (Fsp3) is 0.444. The molecule has 0 atom stereocenters. The van der Waals surface area contributed by atoms with Crippen molar-refractivity contribution in [2.24, 2.45) is 11.1 Å². The second-order valence-corrected chi connectivity index (χ2v) is 7.88. The van der Waals surface area contributed by atoms with E-state index >= 15 is 0 Å². The molecule has 154 valence electrons. The lowest BCUT2D eigenvalue weighted by molar-refractivity contribution is -0.306. The maximum atomic E-state index is 13.7. The molecule has 1 aliphatic heterocycles. The van der Waals surface area contributed by atoms with Gasteiger partial charge in [0, 0.05) is 10.6 Å². The molecule has 0 amide bonds. The smallest absolute Gasteiger partial charge is 0.384 e. The van der Waals surface area contributed by atoms with Crippen molar-refractivity contribution in [1.29, 1.82) is 10.5 Å². The predicted octanol–water partition coefficient (Wildman–Crippen LogP) is 5.03. The average Bonchev–Trinajstić information content (AvgIpc) is 2.97. The second-order valence-electron chi connectivity index (χ2n) is 6.80. The monoisotopic (exact) mass is 432 g/mol. The zero-order chi connectivity index (χ0) is 21.8. The summed E-state index contributed by atoms with van der Waals surface area (Å²) in [6.45, 7) is 1.05. The lowest BCUT2D eigenvalue weighted by Crippen LogP contribution is -2.54. The van der Waals surface area contributed by atoms with Gasteiger partial charge < -0.3 is 5.73 Å². The largest absolute Gasteiger partial charge is 0.411 e. The molecule has 2 heterocycles. The highest BCUT2D eigenvalue weighted by molar-refractivity contribution is 7.16. The standard InChI is InChI=1S/C18H14F6N4S/c1-9-6-16(17(19,20)21,18(22,23)24)12(8-26)14(27)28(9)15-11(7-25)10-4-2-3-5-13(10)29-15/h6H,2-5,27H2,1H3. The van der Waals surface area contributed by atoms with Crippen molar-refractivity contribution in [2.45, 2.75) is 45.0 Å². The van der Waals surface area contributed by atoms with E-state index in [0.29, 0.717) is 12.8 Å². The summed E-state index contributed by atoms with van der Waals surface area (Å²) >= 11 is 1.10. The molecule has 4 nitrogen and oxygen atoms in total. The van der Waals surface area contributed by atoms with Crippen molar-refractivity contribution in [3.8, 4) is 12.1 Å². The van der Waals surface area contributed by atoms with Crippen LogP contribution in [0.4, 0.5) is 31.3 Å². The summed E-state index contributed by atoms with van der Waals surface area (Å²) in [5.74, 6) is -0.975. The molecule has 2 aliphatic rings. The fourth-order valence-electron chi connectivity index (χ4n) is 3.80. The van der Waals surface area contributed by atoms with Crippen LogP contribution < -0.4 is 10.6 Å². The molecular formula is C18H14F6N4S. The van der Waals surface area contributed by atoms with E-state index in [9.17, 15) is 36.9 Å². The van der Waals surface area contributed by atoms with Crippen LogP contribution in [-0.2, 0) is 12.8 Å². The average molecular weight is 432 g/mol. The Morgan fingerprint density at radius 1 is 1.07 bits per heavy atom. The zero-order valence-corrected chi connectivity index (χ0v) is 15.8. The highest BCUT2D eigenvalue weighted by Gasteiger charge is 2.73. The third-order valence-electron chi connectivity index (χ3n) is 5.14. The Labute approximate surface area is 166 Å². The summed E-state index contributed by atoms with van der Waals surface area (Å²) in [6, 6.07) is 3.02. The van der Waals surface area contributed by atoms with E-state index in [1.807, 2.05) is 6.07 Å². The highest BCUT2D eigenvalue weighted by Crippen LogP contribution is 2.59. The van der Waals surface area contributed by atoms with Crippen LogP contribution in [0.2, 0.25) is 0 Å². The molecule has 0 spiro atoms. The normalized spacial score (nSPS) is 19.3. The molecule has 3 rings (SSSR count). The predicted molar refractivity (Wildman–Crippen MR) is 93.3 cm³/mol. The molecule has 0 unspecified atom stereocenters. The number of anilines is 1. The van der Waals surface area contributed by atoms with Crippen LogP contribution >= 0.6 is 11.3 Å². The van der Waals surface area contributed by atoms with Crippen LogP contribution in [-0.4, -0.2) is 12.4 Å². The van der Waals surface area contributed by atoms with Gasteiger partial charge in [0.05, 0.1) is 11.1 Å². The van der Waals surface area contributed by atoms with Gasteiger partial charge in [-0.25, -0.2) is 0 Å². The first-order valence-corrected chi connectivity index (χ1v) is 9.30. The maximum absolute atomic E-state index is 13.7. The molecule has 0 radical (unpaired) electrons. The molecule has 1 aliphatic carbocycles. The van der Waals surface area contributed by atoms with Crippen molar-refractivity contribution < 1.29 is 26.3 Å². The van der Waals surface area contributed by atoms with Crippen LogP contribution in [0.5, 0.6) is 0 Å². The van der Waals surface area contributed by atoms with Crippen LogP contribution in [0.25, 0.3) is 0 Å². The number of nitriles is 2. The fourth-order valence-corrected chi connectivity index (χ4v) is 5.21. The molecule has 2 N–H and O–H groups in total. The van der Waals surface area contributed by atoms with Gasteiger partial charge in [0.2, 0.25) is 5.41 Å². The van der Waals surface area contributed by atoms with E-state index < -0.39 is 34.9 Å². The molecule has 0 aromatic carbocycles. The summed E-state index contributed by atoms with van der Waals surface area (Å²) in [5.41, 5.74) is 0.0363. The number of alkyl halides is 6. The van der Waals surface area contributed by atoms with Gasteiger partial charge >= 0.3 is 12.4 Å². The highest BCUT2D eigenvalue weighted by atomic mass is 32.1. The molecule has 11 heteroatoms. The Morgan fingerprint density at radius 3 is 2.17 bits per heavy atom. The summed E-state index contributed by atoms with van der Waals surface area (Å²) in [5, 5.41) is 19.0. The van der Waals surface area contributed by atoms with Gasteiger partial charge in [-0.1, -0.05) is 0 Å². The maximum Gasteiger partial charge on any atom is 0.411 e. The van der Waals surface area contributed by atoms with Gasteiger partial charge in [-0.05, 0) is 44.2 Å². The van der Waals surface area contributed by atoms with Crippen molar-refractivity contribution in [3.63, 3.8) is 0 Å². The Bertz CT molecular complexity index is 986. The zero-order valence-electron chi connectivity index (χ0n) is 15.0. The minimum Gasteiger partial charge on any atom is -0.384 e. The second kappa shape index (κ2) is 6.70. The Hall–Kier alpha value is -2.66. The van der Waals surface area contributed by atoms with Gasteiger partial charge in [0.15, 0.2) is 0 Å². The Morgan fingerprint density at radius 2 is 1.66 bits per heavy atom. The van der Waals surface area contributed by atoms with Crippen molar-refractivity contribution in [3.05, 3.63) is 39.2 Å². The summed E-state index contributed by atoms with van der Waals surface area (Å²) < 4.78 is 82.0. The van der Waals surface area contributed by atoms with E-state index in [4.69, 9.17) is 5.73 Å².